The number of fused-ring (bicyclic) bond motifs is 1. The summed E-state index contributed by atoms with van der Waals surface area (Å²) in [5.74, 6) is -4.33. The molecule has 266 valence electrons. The summed E-state index contributed by atoms with van der Waals surface area (Å²) < 4.78 is 5.30. The summed E-state index contributed by atoms with van der Waals surface area (Å²) in [6.07, 6.45) is -0.502. The summed E-state index contributed by atoms with van der Waals surface area (Å²) in [7, 11) is 0. The molecule has 4 aromatic carbocycles. The zero-order valence-electron chi connectivity index (χ0n) is 28.6. The number of carbonyl (C=O) groups is 6. The number of carbonyl (C=O) groups excluding carboxylic acids is 6. The van der Waals surface area contributed by atoms with E-state index in [1.807, 2.05) is 74.5 Å². The molecule has 12 nitrogen and oxygen atoms in total. The van der Waals surface area contributed by atoms with E-state index in [9.17, 15) is 28.8 Å². The third-order valence-electron chi connectivity index (χ3n) is 8.01. The van der Waals surface area contributed by atoms with Crippen molar-refractivity contribution in [3.8, 4) is 0 Å². The van der Waals surface area contributed by atoms with Crippen LogP contribution < -0.4 is 27.0 Å². The second-order valence-electron chi connectivity index (χ2n) is 12.6. The van der Waals surface area contributed by atoms with Crippen LogP contribution in [0.2, 0.25) is 0 Å². The summed E-state index contributed by atoms with van der Waals surface area (Å²) in [4.78, 5) is 77.7. The number of benzene rings is 4. The van der Waals surface area contributed by atoms with Gasteiger partial charge in [0.05, 0.1) is 6.54 Å². The van der Waals surface area contributed by atoms with Gasteiger partial charge in [-0.2, -0.15) is 0 Å². The topological polar surface area (TPSA) is 186 Å². The Labute approximate surface area is 296 Å². The Morgan fingerprint density at radius 2 is 1.25 bits per heavy atom. The van der Waals surface area contributed by atoms with Crippen molar-refractivity contribution in [3.63, 3.8) is 0 Å². The molecule has 12 heteroatoms. The molecule has 0 aliphatic rings. The molecule has 51 heavy (non-hydrogen) atoms. The minimum absolute atomic E-state index is 0.00478. The highest BCUT2D eigenvalue weighted by molar-refractivity contribution is 6.38. The molecule has 0 saturated heterocycles. The Morgan fingerprint density at radius 1 is 0.647 bits per heavy atom. The maximum atomic E-state index is 13.5. The lowest BCUT2D eigenvalue weighted by Gasteiger charge is -2.24. The summed E-state index contributed by atoms with van der Waals surface area (Å²) >= 11 is 0. The lowest BCUT2D eigenvalue weighted by molar-refractivity contribution is -0.140. The van der Waals surface area contributed by atoms with Crippen LogP contribution in [0.4, 0.5) is 4.79 Å². The van der Waals surface area contributed by atoms with Crippen molar-refractivity contribution in [1.82, 2.24) is 21.3 Å². The molecule has 0 spiro atoms. The Hall–Kier alpha value is -6.04. The van der Waals surface area contributed by atoms with Gasteiger partial charge in [0, 0.05) is 12.8 Å². The number of hydrogen-bond donors (Lipinski definition) is 5. The summed E-state index contributed by atoms with van der Waals surface area (Å²) in [5.41, 5.74) is 7.76. The van der Waals surface area contributed by atoms with E-state index in [1.54, 1.807) is 42.5 Å². The average molecular weight is 694 g/mol. The van der Waals surface area contributed by atoms with Gasteiger partial charge in [0.2, 0.25) is 23.5 Å². The third kappa shape index (κ3) is 12.1. The first-order valence-electron chi connectivity index (χ1n) is 16.7. The normalized spacial score (nSPS) is 12.6. The van der Waals surface area contributed by atoms with E-state index in [4.69, 9.17) is 10.5 Å². The third-order valence-corrected chi connectivity index (χ3v) is 8.01. The van der Waals surface area contributed by atoms with Crippen LogP contribution in [0.5, 0.6) is 0 Å². The highest BCUT2D eigenvalue weighted by Crippen LogP contribution is 2.17. The Kier molecular flexibility index (Phi) is 13.8. The maximum absolute atomic E-state index is 13.5. The number of amides is 5. The van der Waals surface area contributed by atoms with Crippen molar-refractivity contribution in [3.05, 3.63) is 120 Å². The van der Waals surface area contributed by atoms with Crippen LogP contribution in [0, 0.1) is 5.92 Å². The number of rotatable bonds is 17. The number of primary amides is 1. The van der Waals surface area contributed by atoms with E-state index in [-0.39, 0.29) is 31.8 Å². The average Bonchev–Trinajstić information content (AvgIpc) is 3.12. The number of Topliss-reactive ketones (excluding diaryl/α,β-unsaturated/α-hetero) is 1. The molecule has 4 rings (SSSR count). The second kappa shape index (κ2) is 18.6. The van der Waals surface area contributed by atoms with Crippen LogP contribution in [0.25, 0.3) is 10.8 Å². The van der Waals surface area contributed by atoms with Crippen LogP contribution in [0.1, 0.15) is 37.0 Å². The van der Waals surface area contributed by atoms with Gasteiger partial charge in [0.1, 0.15) is 24.7 Å². The molecule has 3 atom stereocenters. The van der Waals surface area contributed by atoms with E-state index in [1.165, 1.54) is 0 Å². The van der Waals surface area contributed by atoms with Gasteiger partial charge in [0.25, 0.3) is 5.91 Å². The van der Waals surface area contributed by atoms with Gasteiger partial charge < -0.3 is 31.7 Å². The fraction of sp³-hybridized carbons (Fsp3) is 0.282. The number of ketones is 1. The molecule has 0 radical (unpaired) electrons. The fourth-order valence-electron chi connectivity index (χ4n) is 5.42. The molecular formula is C39H43N5O7. The highest BCUT2D eigenvalue weighted by Gasteiger charge is 2.31. The van der Waals surface area contributed by atoms with Crippen molar-refractivity contribution in [2.75, 3.05) is 6.54 Å². The van der Waals surface area contributed by atoms with E-state index in [0.717, 1.165) is 21.9 Å². The van der Waals surface area contributed by atoms with Crippen LogP contribution in [0.3, 0.4) is 0 Å². The van der Waals surface area contributed by atoms with Crippen LogP contribution in [-0.4, -0.2) is 60.2 Å². The summed E-state index contributed by atoms with van der Waals surface area (Å²) in [5, 5.41) is 12.0. The molecule has 1 unspecified atom stereocenters. The predicted molar refractivity (Wildman–Crippen MR) is 192 cm³/mol. The van der Waals surface area contributed by atoms with Crippen molar-refractivity contribution >= 4 is 46.3 Å². The van der Waals surface area contributed by atoms with Gasteiger partial charge in [-0.1, -0.05) is 117 Å². The monoisotopic (exact) mass is 693 g/mol. The number of alkyl carbamates (subject to hydrolysis) is 1. The highest BCUT2D eigenvalue weighted by atomic mass is 16.5. The first-order valence-corrected chi connectivity index (χ1v) is 16.7. The largest absolute Gasteiger partial charge is 0.445 e. The van der Waals surface area contributed by atoms with E-state index in [0.29, 0.717) is 5.56 Å². The van der Waals surface area contributed by atoms with Gasteiger partial charge in [-0.05, 0) is 39.8 Å². The molecule has 0 heterocycles. The first-order chi connectivity index (χ1) is 24.5. The zero-order valence-corrected chi connectivity index (χ0v) is 28.6. The number of nitrogens with one attached hydrogen (secondary N) is 4. The van der Waals surface area contributed by atoms with E-state index in [2.05, 4.69) is 21.3 Å². The molecule has 5 amide bonds. The van der Waals surface area contributed by atoms with Crippen molar-refractivity contribution < 1.29 is 33.5 Å². The SMILES string of the molecule is CC(C)C[C@H](NC(=O)OCc1ccccc1)C(=O)NC(Cc1ccccc1)C(=O)C(=O)NCC(=O)N[C@@H](Cc1ccc2ccccc2c1)C(N)=O. The number of ether oxygens (including phenoxy) is 1. The molecule has 0 bridgehead atoms. The molecule has 0 aromatic heterocycles. The molecule has 6 N–H and O–H groups in total. The molecule has 0 aliphatic heterocycles. The van der Waals surface area contributed by atoms with Crippen molar-refractivity contribution in [2.45, 2.75) is 57.8 Å². The van der Waals surface area contributed by atoms with Gasteiger partial charge in [0.15, 0.2) is 0 Å². The smallest absolute Gasteiger partial charge is 0.408 e. The van der Waals surface area contributed by atoms with Gasteiger partial charge in [-0.3, -0.25) is 24.0 Å². The zero-order chi connectivity index (χ0) is 36.8. The second-order valence-corrected chi connectivity index (χ2v) is 12.6. The number of nitrogens with two attached hydrogens (primary N) is 1. The van der Waals surface area contributed by atoms with Gasteiger partial charge in [-0.15, -0.1) is 0 Å². The summed E-state index contributed by atoms with van der Waals surface area (Å²) in [6.45, 7) is 3.11. The van der Waals surface area contributed by atoms with E-state index >= 15 is 0 Å². The quantitative estimate of drug-likeness (QED) is 0.105. The Balaban J connectivity index is 1.38. The molecule has 0 saturated carbocycles. The molecule has 0 fully saturated rings. The van der Waals surface area contributed by atoms with Gasteiger partial charge >= 0.3 is 6.09 Å². The standard InChI is InChI=1S/C39H43N5O7/c1-25(2)19-33(44-39(50)51-24-27-13-7-4-8-14-27)37(48)43-31(21-26-11-5-3-6-12-26)35(46)38(49)41-23-34(45)42-32(36(40)47)22-28-17-18-29-15-9-10-16-30(29)20-28/h3-18,20,25,31-33H,19,21-24H2,1-2H3,(H2,40,47)(H,41,49)(H,42,45)(H,43,48)(H,44,50)/t31?,32-,33-/m0/s1. The van der Waals surface area contributed by atoms with Crippen LogP contribution in [-0.2, 0) is 48.2 Å². The predicted octanol–water partition coefficient (Wildman–Crippen LogP) is 3.11. The Bertz CT molecular complexity index is 1830. The van der Waals surface area contributed by atoms with Crippen LogP contribution >= 0.6 is 0 Å². The first kappa shape index (κ1) is 37.8. The number of hydrogen-bond acceptors (Lipinski definition) is 7. The molecule has 4 aromatic rings. The van der Waals surface area contributed by atoms with E-state index < -0.39 is 60.2 Å². The van der Waals surface area contributed by atoms with Crippen molar-refractivity contribution in [2.24, 2.45) is 11.7 Å². The lowest BCUT2D eigenvalue weighted by atomic mass is 9.99. The Morgan fingerprint density at radius 3 is 1.90 bits per heavy atom. The van der Waals surface area contributed by atoms with Gasteiger partial charge in [-0.25, -0.2) is 4.79 Å². The minimum atomic E-state index is -1.33. The van der Waals surface area contributed by atoms with Crippen LogP contribution in [0.15, 0.2) is 103 Å². The minimum Gasteiger partial charge on any atom is -0.445 e. The molecule has 0 aliphatic carbocycles. The maximum Gasteiger partial charge on any atom is 0.408 e. The summed E-state index contributed by atoms with van der Waals surface area (Å²) in [6, 6.07) is 27.7. The molecular weight excluding hydrogens is 650 g/mol. The fourth-order valence-corrected chi connectivity index (χ4v) is 5.42. The lowest BCUT2D eigenvalue weighted by Crippen LogP contribution is -2.55. The van der Waals surface area contributed by atoms with Crippen molar-refractivity contribution in [1.29, 1.82) is 0 Å².